The molecule has 0 atom stereocenters. The van der Waals surface area contributed by atoms with Crippen LogP contribution in [0.3, 0.4) is 0 Å². The average molecular weight is 384 g/mol. The minimum Gasteiger partial charge on any atom is -0.366 e. The minimum atomic E-state index is -4.49. The minimum absolute atomic E-state index is 0.0519. The Balaban J connectivity index is 1.82. The molecule has 28 heavy (non-hydrogen) atoms. The van der Waals surface area contributed by atoms with Crippen LogP contribution in [0.1, 0.15) is 26.3 Å². The van der Waals surface area contributed by atoms with Gasteiger partial charge in [-0.05, 0) is 53.6 Å². The van der Waals surface area contributed by atoms with E-state index < -0.39 is 23.6 Å². The predicted octanol–water partition coefficient (Wildman–Crippen LogP) is 4.72. The number of hydrogen-bond donors (Lipinski definition) is 2. The van der Waals surface area contributed by atoms with Crippen LogP contribution in [0.25, 0.3) is 11.1 Å². The number of halogens is 3. The summed E-state index contributed by atoms with van der Waals surface area (Å²) in [4.78, 5) is 23.6. The van der Waals surface area contributed by atoms with Crippen molar-refractivity contribution in [1.29, 1.82) is 0 Å². The van der Waals surface area contributed by atoms with Gasteiger partial charge in [-0.3, -0.25) is 9.59 Å². The van der Waals surface area contributed by atoms with Crippen LogP contribution in [0.2, 0.25) is 0 Å². The summed E-state index contributed by atoms with van der Waals surface area (Å²) in [6, 6.07) is 17.6. The van der Waals surface area contributed by atoms with E-state index in [9.17, 15) is 22.8 Å². The van der Waals surface area contributed by atoms with Gasteiger partial charge in [0, 0.05) is 16.8 Å². The number of amides is 2. The Hall–Kier alpha value is -3.61. The van der Waals surface area contributed by atoms with Gasteiger partial charge < -0.3 is 11.1 Å². The molecule has 7 heteroatoms. The van der Waals surface area contributed by atoms with E-state index >= 15 is 0 Å². The van der Waals surface area contributed by atoms with Crippen LogP contribution in [-0.2, 0) is 6.18 Å². The topological polar surface area (TPSA) is 72.2 Å². The first-order chi connectivity index (χ1) is 13.2. The Kier molecular flexibility index (Phi) is 5.17. The van der Waals surface area contributed by atoms with Crippen LogP contribution in [0.5, 0.6) is 0 Å². The van der Waals surface area contributed by atoms with Crippen LogP contribution < -0.4 is 11.1 Å². The zero-order chi connectivity index (χ0) is 20.3. The monoisotopic (exact) mass is 384 g/mol. The van der Waals surface area contributed by atoms with Gasteiger partial charge in [-0.2, -0.15) is 13.2 Å². The maximum Gasteiger partial charge on any atom is 0.416 e. The first-order valence-electron chi connectivity index (χ1n) is 8.23. The fraction of sp³-hybridized carbons (Fsp3) is 0.0476. The van der Waals surface area contributed by atoms with Crippen molar-refractivity contribution in [2.24, 2.45) is 5.73 Å². The van der Waals surface area contributed by atoms with E-state index in [4.69, 9.17) is 5.73 Å². The average Bonchev–Trinajstić information content (AvgIpc) is 2.67. The van der Waals surface area contributed by atoms with Crippen LogP contribution in [0.15, 0.2) is 72.8 Å². The van der Waals surface area contributed by atoms with Crippen LogP contribution >= 0.6 is 0 Å². The van der Waals surface area contributed by atoms with Gasteiger partial charge >= 0.3 is 6.18 Å². The SMILES string of the molecule is NC(=O)c1ccc(-c2cccc(C(=O)Nc3cccc(C(F)(F)F)c3)c2)cc1. The van der Waals surface area contributed by atoms with Gasteiger partial charge in [0.15, 0.2) is 0 Å². The summed E-state index contributed by atoms with van der Waals surface area (Å²) in [6.07, 6.45) is -4.49. The second-order valence-corrected chi connectivity index (χ2v) is 6.06. The highest BCUT2D eigenvalue weighted by molar-refractivity contribution is 6.05. The van der Waals surface area contributed by atoms with Gasteiger partial charge in [-0.25, -0.2) is 0 Å². The molecule has 0 fully saturated rings. The van der Waals surface area contributed by atoms with Crippen molar-refractivity contribution in [1.82, 2.24) is 0 Å². The van der Waals surface area contributed by atoms with Crippen molar-refractivity contribution in [2.75, 3.05) is 5.32 Å². The lowest BCUT2D eigenvalue weighted by molar-refractivity contribution is -0.137. The molecule has 3 rings (SSSR count). The Morgan fingerprint density at radius 1 is 0.786 bits per heavy atom. The number of carbonyl (C=O) groups is 2. The van der Waals surface area contributed by atoms with Gasteiger partial charge in [-0.1, -0.05) is 30.3 Å². The highest BCUT2D eigenvalue weighted by Crippen LogP contribution is 2.31. The zero-order valence-electron chi connectivity index (χ0n) is 14.5. The second kappa shape index (κ2) is 7.56. The summed E-state index contributed by atoms with van der Waals surface area (Å²) in [6.45, 7) is 0. The van der Waals surface area contributed by atoms with E-state index in [0.29, 0.717) is 11.1 Å². The molecule has 0 saturated carbocycles. The third-order valence-corrected chi connectivity index (χ3v) is 4.08. The molecule has 3 N–H and O–H groups in total. The Morgan fingerprint density at radius 2 is 1.46 bits per heavy atom. The number of carbonyl (C=O) groups excluding carboxylic acids is 2. The zero-order valence-corrected chi connectivity index (χ0v) is 14.5. The van der Waals surface area contributed by atoms with Gasteiger partial charge in [-0.15, -0.1) is 0 Å². The third kappa shape index (κ3) is 4.37. The molecule has 0 heterocycles. The number of benzene rings is 3. The maximum atomic E-state index is 12.8. The summed E-state index contributed by atoms with van der Waals surface area (Å²) in [5, 5.41) is 2.47. The van der Waals surface area contributed by atoms with E-state index in [0.717, 1.165) is 17.7 Å². The number of nitrogens with two attached hydrogens (primary N) is 1. The fourth-order valence-electron chi connectivity index (χ4n) is 2.64. The predicted molar refractivity (Wildman–Crippen MR) is 99.8 cm³/mol. The van der Waals surface area contributed by atoms with Crippen molar-refractivity contribution in [3.8, 4) is 11.1 Å². The molecule has 142 valence electrons. The van der Waals surface area contributed by atoms with E-state index in [1.807, 2.05) is 0 Å². The summed E-state index contributed by atoms with van der Waals surface area (Å²) in [7, 11) is 0. The Labute approximate surface area is 158 Å². The largest absolute Gasteiger partial charge is 0.416 e. The molecule has 0 aromatic heterocycles. The first-order valence-corrected chi connectivity index (χ1v) is 8.23. The standard InChI is InChI=1S/C21H15F3N2O2/c22-21(23,24)17-5-2-6-18(12-17)26-20(28)16-4-1-3-15(11-16)13-7-9-14(10-8-13)19(25)27/h1-12H,(H2,25,27)(H,26,28). The molecular weight excluding hydrogens is 369 g/mol. The van der Waals surface area contributed by atoms with E-state index in [1.165, 1.54) is 12.1 Å². The smallest absolute Gasteiger partial charge is 0.366 e. The van der Waals surface area contributed by atoms with Crippen LogP contribution in [0, 0.1) is 0 Å². The molecule has 3 aromatic carbocycles. The van der Waals surface area contributed by atoms with Crippen LogP contribution in [-0.4, -0.2) is 11.8 Å². The fourth-order valence-corrected chi connectivity index (χ4v) is 2.64. The number of hydrogen-bond acceptors (Lipinski definition) is 2. The van der Waals surface area contributed by atoms with Crippen LogP contribution in [0.4, 0.5) is 18.9 Å². The molecule has 0 aliphatic rings. The van der Waals surface area contributed by atoms with E-state index in [1.54, 1.807) is 48.5 Å². The highest BCUT2D eigenvalue weighted by Gasteiger charge is 2.30. The van der Waals surface area contributed by atoms with Crippen molar-refractivity contribution in [3.05, 3.63) is 89.5 Å². The third-order valence-electron chi connectivity index (χ3n) is 4.08. The molecule has 0 spiro atoms. The highest BCUT2D eigenvalue weighted by atomic mass is 19.4. The molecule has 0 bridgehead atoms. The van der Waals surface area contributed by atoms with Gasteiger partial charge in [0.25, 0.3) is 5.91 Å². The van der Waals surface area contributed by atoms with Crippen molar-refractivity contribution < 1.29 is 22.8 Å². The molecule has 0 saturated heterocycles. The summed E-state index contributed by atoms with van der Waals surface area (Å²) in [5.74, 6) is -1.07. The quantitative estimate of drug-likeness (QED) is 0.683. The number of nitrogens with one attached hydrogen (secondary N) is 1. The van der Waals surface area contributed by atoms with Crippen molar-refractivity contribution in [2.45, 2.75) is 6.18 Å². The lowest BCUT2D eigenvalue weighted by Crippen LogP contribution is -2.13. The van der Waals surface area contributed by atoms with E-state index in [-0.39, 0.29) is 11.3 Å². The maximum absolute atomic E-state index is 12.8. The first kappa shape index (κ1) is 19.2. The van der Waals surface area contributed by atoms with Crippen molar-refractivity contribution in [3.63, 3.8) is 0 Å². The van der Waals surface area contributed by atoms with Gasteiger partial charge in [0.1, 0.15) is 0 Å². The number of alkyl halides is 3. The molecule has 0 aliphatic carbocycles. The Bertz CT molecular complexity index is 1030. The molecule has 0 aliphatic heterocycles. The lowest BCUT2D eigenvalue weighted by Gasteiger charge is -2.10. The summed E-state index contributed by atoms with van der Waals surface area (Å²) in [5.41, 5.74) is 6.55. The normalized spacial score (nSPS) is 11.1. The molecule has 4 nitrogen and oxygen atoms in total. The molecular formula is C21H15F3N2O2. The number of anilines is 1. The summed E-state index contributed by atoms with van der Waals surface area (Å²) >= 11 is 0. The molecule has 0 unspecified atom stereocenters. The lowest BCUT2D eigenvalue weighted by atomic mass is 10.0. The molecule has 0 radical (unpaired) electrons. The number of primary amides is 1. The van der Waals surface area contributed by atoms with Gasteiger partial charge in [0.05, 0.1) is 5.56 Å². The van der Waals surface area contributed by atoms with Gasteiger partial charge in [0.2, 0.25) is 5.91 Å². The molecule has 2 amide bonds. The molecule has 3 aromatic rings. The second-order valence-electron chi connectivity index (χ2n) is 6.06. The summed E-state index contributed by atoms with van der Waals surface area (Å²) < 4.78 is 38.4. The number of rotatable bonds is 4. The van der Waals surface area contributed by atoms with E-state index in [2.05, 4.69) is 5.32 Å². The Morgan fingerprint density at radius 3 is 2.11 bits per heavy atom. The van der Waals surface area contributed by atoms with Crippen molar-refractivity contribution >= 4 is 17.5 Å².